The van der Waals surface area contributed by atoms with Crippen LogP contribution in [0.25, 0.3) is 0 Å². The van der Waals surface area contributed by atoms with Crippen molar-refractivity contribution in [3.05, 3.63) is 18.5 Å². The van der Waals surface area contributed by atoms with Gasteiger partial charge in [-0.3, -0.25) is 9.48 Å². The van der Waals surface area contributed by atoms with Gasteiger partial charge in [0, 0.05) is 32.1 Å². The first kappa shape index (κ1) is 12.1. The molecule has 1 aliphatic heterocycles. The summed E-state index contributed by atoms with van der Waals surface area (Å²) in [6, 6.07) is 1.82. The van der Waals surface area contributed by atoms with Crippen LogP contribution < -0.4 is 0 Å². The number of hydrogen-bond acceptors (Lipinski definition) is 3. The van der Waals surface area contributed by atoms with Gasteiger partial charge in [0.05, 0.1) is 0 Å². The Labute approximate surface area is 101 Å². The normalized spacial score (nSPS) is 20.5. The van der Waals surface area contributed by atoms with Crippen molar-refractivity contribution in [2.24, 2.45) is 5.92 Å². The van der Waals surface area contributed by atoms with E-state index in [0.717, 1.165) is 32.4 Å². The molecule has 2 heterocycles. The van der Waals surface area contributed by atoms with Crippen molar-refractivity contribution in [2.75, 3.05) is 19.7 Å². The van der Waals surface area contributed by atoms with Crippen LogP contribution in [0.2, 0.25) is 0 Å². The van der Waals surface area contributed by atoms with Crippen molar-refractivity contribution in [1.82, 2.24) is 14.7 Å². The molecule has 5 nitrogen and oxygen atoms in total. The SMILES string of the molecule is O=C(Cn1cccn1)N1CCCC(CCO)C1. The van der Waals surface area contributed by atoms with Gasteiger partial charge in [0.1, 0.15) is 6.54 Å². The molecular formula is C12H19N3O2. The molecule has 17 heavy (non-hydrogen) atoms. The van der Waals surface area contributed by atoms with E-state index in [1.807, 2.05) is 11.0 Å². The van der Waals surface area contributed by atoms with Crippen molar-refractivity contribution in [3.63, 3.8) is 0 Å². The minimum atomic E-state index is 0.122. The third-order valence-corrected chi connectivity index (χ3v) is 3.27. The molecule has 0 saturated carbocycles. The number of carbonyl (C=O) groups excluding carboxylic acids is 1. The van der Waals surface area contributed by atoms with E-state index in [-0.39, 0.29) is 12.5 Å². The van der Waals surface area contributed by atoms with Crippen LogP contribution in [0.15, 0.2) is 18.5 Å². The highest BCUT2D eigenvalue weighted by atomic mass is 16.3. The van der Waals surface area contributed by atoms with Gasteiger partial charge in [-0.05, 0) is 31.2 Å². The second-order valence-corrected chi connectivity index (χ2v) is 4.56. The average molecular weight is 237 g/mol. The average Bonchev–Trinajstić information content (AvgIpc) is 2.83. The van der Waals surface area contributed by atoms with Crippen LogP contribution in [-0.4, -0.2) is 45.4 Å². The minimum absolute atomic E-state index is 0.122. The number of hydrogen-bond donors (Lipinski definition) is 1. The molecule has 0 aromatic carbocycles. The molecule has 1 atom stereocenters. The van der Waals surface area contributed by atoms with Crippen molar-refractivity contribution in [2.45, 2.75) is 25.8 Å². The standard InChI is InChI=1S/C12H19N3O2/c16-8-4-11-3-1-6-14(9-11)12(17)10-15-7-2-5-13-15/h2,5,7,11,16H,1,3-4,6,8-10H2. The van der Waals surface area contributed by atoms with E-state index in [2.05, 4.69) is 5.10 Å². The number of nitrogens with zero attached hydrogens (tertiary/aromatic N) is 3. The molecule has 0 spiro atoms. The van der Waals surface area contributed by atoms with Gasteiger partial charge < -0.3 is 10.0 Å². The molecule has 94 valence electrons. The van der Waals surface area contributed by atoms with Gasteiger partial charge in [0.15, 0.2) is 0 Å². The summed E-state index contributed by atoms with van der Waals surface area (Å²) in [5.74, 6) is 0.576. The summed E-state index contributed by atoms with van der Waals surface area (Å²) < 4.78 is 1.65. The zero-order chi connectivity index (χ0) is 12.1. The number of piperidine rings is 1. The highest BCUT2D eigenvalue weighted by Gasteiger charge is 2.23. The Morgan fingerprint density at radius 1 is 1.53 bits per heavy atom. The Kier molecular flexibility index (Phi) is 4.14. The van der Waals surface area contributed by atoms with Crippen LogP contribution >= 0.6 is 0 Å². The third-order valence-electron chi connectivity index (χ3n) is 3.27. The van der Waals surface area contributed by atoms with E-state index in [0.29, 0.717) is 12.5 Å². The predicted molar refractivity (Wildman–Crippen MR) is 63.2 cm³/mol. The number of rotatable bonds is 4. The fourth-order valence-corrected chi connectivity index (χ4v) is 2.34. The van der Waals surface area contributed by atoms with E-state index < -0.39 is 0 Å². The molecule has 1 N–H and O–H groups in total. The fourth-order valence-electron chi connectivity index (χ4n) is 2.34. The molecule has 1 aromatic rings. The first-order valence-corrected chi connectivity index (χ1v) is 6.15. The topological polar surface area (TPSA) is 58.4 Å². The van der Waals surface area contributed by atoms with Crippen molar-refractivity contribution in [3.8, 4) is 0 Å². The first-order valence-electron chi connectivity index (χ1n) is 6.15. The molecule has 5 heteroatoms. The molecule has 1 fully saturated rings. The summed E-state index contributed by atoms with van der Waals surface area (Å²) in [6.07, 6.45) is 6.43. The van der Waals surface area contributed by atoms with Gasteiger partial charge in [-0.1, -0.05) is 0 Å². The van der Waals surface area contributed by atoms with Gasteiger partial charge in [0.25, 0.3) is 0 Å². The Balaban J connectivity index is 1.86. The molecule has 0 aliphatic carbocycles. The molecule has 0 radical (unpaired) electrons. The van der Waals surface area contributed by atoms with Gasteiger partial charge in [-0.2, -0.15) is 5.10 Å². The lowest BCUT2D eigenvalue weighted by atomic mass is 9.95. The molecule has 1 saturated heterocycles. The van der Waals surface area contributed by atoms with Crippen molar-refractivity contribution >= 4 is 5.91 Å². The summed E-state index contributed by atoms with van der Waals surface area (Å²) in [5, 5.41) is 13.0. The van der Waals surface area contributed by atoms with Crippen LogP contribution in [0.4, 0.5) is 0 Å². The lowest BCUT2D eigenvalue weighted by molar-refractivity contribution is -0.134. The van der Waals surface area contributed by atoms with Gasteiger partial charge in [0.2, 0.25) is 5.91 Å². The minimum Gasteiger partial charge on any atom is -0.396 e. The molecular weight excluding hydrogens is 218 g/mol. The number of amides is 1. The summed E-state index contributed by atoms with van der Waals surface area (Å²) in [6.45, 7) is 2.15. The number of aromatic nitrogens is 2. The number of carbonyl (C=O) groups is 1. The second kappa shape index (κ2) is 5.82. The Morgan fingerprint density at radius 2 is 2.41 bits per heavy atom. The highest BCUT2D eigenvalue weighted by molar-refractivity contribution is 5.76. The van der Waals surface area contributed by atoms with E-state index >= 15 is 0 Å². The monoisotopic (exact) mass is 237 g/mol. The third kappa shape index (κ3) is 3.30. The van der Waals surface area contributed by atoms with Gasteiger partial charge in [-0.15, -0.1) is 0 Å². The van der Waals surface area contributed by atoms with Crippen LogP contribution in [0.3, 0.4) is 0 Å². The summed E-state index contributed by atoms with van der Waals surface area (Å²) in [4.78, 5) is 13.9. The highest BCUT2D eigenvalue weighted by Crippen LogP contribution is 2.19. The lowest BCUT2D eigenvalue weighted by Gasteiger charge is -2.32. The molecule has 1 amide bonds. The molecule has 1 aliphatic rings. The quantitative estimate of drug-likeness (QED) is 0.829. The van der Waals surface area contributed by atoms with Gasteiger partial charge in [-0.25, -0.2) is 0 Å². The maximum atomic E-state index is 12.0. The summed E-state index contributed by atoms with van der Waals surface area (Å²) >= 11 is 0. The number of likely N-dealkylation sites (tertiary alicyclic amines) is 1. The Bertz CT molecular complexity index is 349. The van der Waals surface area contributed by atoms with Crippen LogP contribution in [0.5, 0.6) is 0 Å². The van der Waals surface area contributed by atoms with Crippen molar-refractivity contribution < 1.29 is 9.90 Å². The zero-order valence-electron chi connectivity index (χ0n) is 9.96. The summed E-state index contributed by atoms with van der Waals surface area (Å²) in [7, 11) is 0. The molecule has 2 rings (SSSR count). The number of aliphatic hydroxyl groups is 1. The van der Waals surface area contributed by atoms with Crippen LogP contribution in [-0.2, 0) is 11.3 Å². The zero-order valence-corrected chi connectivity index (χ0v) is 9.96. The van der Waals surface area contributed by atoms with Crippen LogP contribution in [0, 0.1) is 5.92 Å². The maximum absolute atomic E-state index is 12.0. The van der Waals surface area contributed by atoms with E-state index in [9.17, 15) is 4.79 Å². The smallest absolute Gasteiger partial charge is 0.244 e. The van der Waals surface area contributed by atoms with E-state index in [1.165, 1.54) is 0 Å². The predicted octanol–water partition coefficient (Wildman–Crippen LogP) is 0.504. The molecule has 0 bridgehead atoms. The van der Waals surface area contributed by atoms with E-state index in [1.54, 1.807) is 17.1 Å². The first-order chi connectivity index (χ1) is 8.29. The summed E-state index contributed by atoms with van der Waals surface area (Å²) in [5.41, 5.74) is 0. The fraction of sp³-hybridized carbons (Fsp3) is 0.667. The van der Waals surface area contributed by atoms with E-state index in [4.69, 9.17) is 5.11 Å². The van der Waals surface area contributed by atoms with Crippen molar-refractivity contribution in [1.29, 1.82) is 0 Å². The molecule has 1 unspecified atom stereocenters. The van der Waals surface area contributed by atoms with Crippen LogP contribution in [0.1, 0.15) is 19.3 Å². The molecule has 1 aromatic heterocycles. The maximum Gasteiger partial charge on any atom is 0.244 e. The van der Waals surface area contributed by atoms with Gasteiger partial charge >= 0.3 is 0 Å². The second-order valence-electron chi connectivity index (χ2n) is 4.56. The number of aliphatic hydroxyl groups excluding tert-OH is 1. The Hall–Kier alpha value is -1.36. The Morgan fingerprint density at radius 3 is 3.12 bits per heavy atom. The largest absolute Gasteiger partial charge is 0.396 e. The lowest BCUT2D eigenvalue weighted by Crippen LogP contribution is -2.41.